The van der Waals surface area contributed by atoms with Crippen LogP contribution >= 0.6 is 15.9 Å². The van der Waals surface area contributed by atoms with Crippen LogP contribution < -0.4 is 5.32 Å². The molecule has 0 aliphatic carbocycles. The molecule has 1 aromatic heterocycles. The molecule has 0 aliphatic heterocycles. The van der Waals surface area contributed by atoms with Crippen LogP contribution in [-0.2, 0) is 6.54 Å². The van der Waals surface area contributed by atoms with Gasteiger partial charge in [-0.3, -0.25) is 4.79 Å². The Morgan fingerprint density at radius 1 is 1.18 bits per heavy atom. The van der Waals surface area contributed by atoms with Crippen molar-refractivity contribution in [2.45, 2.75) is 6.54 Å². The third-order valence-corrected chi connectivity index (χ3v) is 3.65. The van der Waals surface area contributed by atoms with Gasteiger partial charge in [0.05, 0.1) is 5.69 Å². The lowest BCUT2D eigenvalue weighted by atomic mass is 10.2. The normalized spacial score (nSPS) is 10.4. The highest BCUT2D eigenvalue weighted by molar-refractivity contribution is 9.10. The van der Waals surface area contributed by atoms with E-state index < -0.39 is 0 Å². The maximum Gasteiger partial charge on any atom is 0.251 e. The van der Waals surface area contributed by atoms with Crippen LogP contribution in [0.5, 0.6) is 0 Å². The number of aromatic nitrogens is 3. The van der Waals surface area contributed by atoms with Crippen molar-refractivity contribution < 1.29 is 4.79 Å². The summed E-state index contributed by atoms with van der Waals surface area (Å²) in [6, 6.07) is 15.1. The Morgan fingerprint density at radius 3 is 2.68 bits per heavy atom. The molecular weight excluding hydrogens is 344 g/mol. The summed E-state index contributed by atoms with van der Waals surface area (Å²) in [6.45, 7) is 0.489. The number of benzene rings is 2. The second kappa shape index (κ2) is 6.53. The van der Waals surface area contributed by atoms with Gasteiger partial charge in [-0.15, -0.1) is 0 Å². The third-order valence-electron chi connectivity index (χ3n) is 3.15. The Bertz CT molecular complexity index is 769. The highest BCUT2D eigenvalue weighted by Crippen LogP contribution is 2.12. The number of carbonyl (C=O) groups is 1. The molecule has 0 fully saturated rings. The lowest BCUT2D eigenvalue weighted by Crippen LogP contribution is -2.22. The molecule has 22 heavy (non-hydrogen) atoms. The van der Waals surface area contributed by atoms with Crippen molar-refractivity contribution in [1.29, 1.82) is 0 Å². The summed E-state index contributed by atoms with van der Waals surface area (Å²) in [5, 5.41) is 6.95. The highest BCUT2D eigenvalue weighted by Gasteiger charge is 2.06. The van der Waals surface area contributed by atoms with E-state index >= 15 is 0 Å². The first-order valence-electron chi connectivity index (χ1n) is 6.70. The van der Waals surface area contributed by atoms with E-state index in [2.05, 4.69) is 31.3 Å². The average Bonchev–Trinajstić information content (AvgIpc) is 3.07. The lowest BCUT2D eigenvalue weighted by molar-refractivity contribution is 0.0951. The Labute approximate surface area is 136 Å². The van der Waals surface area contributed by atoms with Crippen molar-refractivity contribution in [2.75, 3.05) is 0 Å². The average molecular weight is 357 g/mol. The molecule has 0 bridgehead atoms. The minimum Gasteiger partial charge on any atom is -0.348 e. The molecule has 1 N–H and O–H groups in total. The molecule has 0 aliphatic rings. The van der Waals surface area contributed by atoms with Crippen molar-refractivity contribution in [2.24, 2.45) is 0 Å². The summed E-state index contributed by atoms with van der Waals surface area (Å²) >= 11 is 3.41. The zero-order valence-corrected chi connectivity index (χ0v) is 13.2. The Morgan fingerprint density at radius 2 is 2.00 bits per heavy atom. The number of nitrogens with one attached hydrogen (secondary N) is 1. The van der Waals surface area contributed by atoms with Crippen LogP contribution in [0.4, 0.5) is 0 Å². The second-order valence-electron chi connectivity index (χ2n) is 4.70. The van der Waals surface area contributed by atoms with E-state index in [1.165, 1.54) is 6.33 Å². The lowest BCUT2D eigenvalue weighted by Gasteiger charge is -2.07. The quantitative estimate of drug-likeness (QED) is 0.781. The Kier molecular flexibility index (Phi) is 4.29. The molecule has 1 amide bonds. The first kappa shape index (κ1) is 14.5. The number of nitrogens with zero attached hydrogens (tertiary/aromatic N) is 3. The highest BCUT2D eigenvalue weighted by atomic mass is 79.9. The van der Waals surface area contributed by atoms with Crippen LogP contribution in [0.3, 0.4) is 0 Å². The van der Waals surface area contributed by atoms with Crippen LogP contribution in [0.25, 0.3) is 5.69 Å². The summed E-state index contributed by atoms with van der Waals surface area (Å²) < 4.78 is 2.64. The van der Waals surface area contributed by atoms with Gasteiger partial charge in [0.25, 0.3) is 5.91 Å². The number of carbonyl (C=O) groups excluding carboxylic acids is 1. The third kappa shape index (κ3) is 3.40. The van der Waals surface area contributed by atoms with Gasteiger partial charge in [0.2, 0.25) is 0 Å². The Balaban J connectivity index is 1.65. The summed E-state index contributed by atoms with van der Waals surface area (Å²) in [5.41, 5.74) is 2.52. The molecule has 0 atom stereocenters. The van der Waals surface area contributed by atoms with Crippen molar-refractivity contribution >= 4 is 21.8 Å². The fourth-order valence-corrected chi connectivity index (χ4v) is 2.49. The van der Waals surface area contributed by atoms with Crippen molar-refractivity contribution in [1.82, 2.24) is 20.1 Å². The monoisotopic (exact) mass is 356 g/mol. The zero-order valence-electron chi connectivity index (χ0n) is 11.6. The number of hydrogen-bond donors (Lipinski definition) is 1. The maximum atomic E-state index is 12.1. The summed E-state index contributed by atoms with van der Waals surface area (Å²) in [5.74, 6) is -0.106. The largest absolute Gasteiger partial charge is 0.348 e. The number of hydrogen-bond acceptors (Lipinski definition) is 3. The van der Waals surface area contributed by atoms with E-state index in [1.54, 1.807) is 23.1 Å². The summed E-state index contributed by atoms with van der Waals surface area (Å²) in [6.07, 6.45) is 3.08. The van der Waals surface area contributed by atoms with Gasteiger partial charge in [-0.1, -0.05) is 28.1 Å². The minimum absolute atomic E-state index is 0.106. The molecular formula is C16H13BrN4O. The predicted octanol–water partition coefficient (Wildman–Crippen LogP) is 2.96. The molecule has 2 aromatic carbocycles. The van der Waals surface area contributed by atoms with Crippen LogP contribution in [0, 0.1) is 0 Å². The molecule has 0 spiro atoms. The van der Waals surface area contributed by atoms with E-state index in [0.29, 0.717) is 12.1 Å². The molecule has 1 heterocycles. The standard InChI is InChI=1S/C16H13BrN4O/c17-14-3-1-2-12(8-14)9-19-16(22)13-4-6-15(7-5-13)21-11-18-10-20-21/h1-8,10-11H,9H2,(H,19,22). The molecule has 3 rings (SSSR count). The van der Waals surface area contributed by atoms with Crippen LogP contribution in [-0.4, -0.2) is 20.7 Å². The summed E-state index contributed by atoms with van der Waals surface area (Å²) in [7, 11) is 0. The Hall–Kier alpha value is -2.47. The van der Waals surface area contributed by atoms with E-state index in [4.69, 9.17) is 0 Å². The molecule has 6 heteroatoms. The molecule has 3 aromatic rings. The van der Waals surface area contributed by atoms with Gasteiger partial charge in [0.15, 0.2) is 0 Å². The maximum absolute atomic E-state index is 12.1. The number of halogens is 1. The second-order valence-corrected chi connectivity index (χ2v) is 5.62. The van der Waals surface area contributed by atoms with Gasteiger partial charge in [0.1, 0.15) is 12.7 Å². The molecule has 5 nitrogen and oxygen atoms in total. The predicted molar refractivity (Wildman–Crippen MR) is 86.7 cm³/mol. The van der Waals surface area contributed by atoms with Gasteiger partial charge in [0, 0.05) is 16.6 Å². The van der Waals surface area contributed by atoms with Gasteiger partial charge in [-0.05, 0) is 42.0 Å². The fourth-order valence-electron chi connectivity index (χ4n) is 2.04. The van der Waals surface area contributed by atoms with Crippen LogP contribution in [0.2, 0.25) is 0 Å². The topological polar surface area (TPSA) is 59.8 Å². The first-order chi connectivity index (χ1) is 10.7. The fraction of sp³-hybridized carbons (Fsp3) is 0.0625. The van der Waals surface area contributed by atoms with Gasteiger partial charge < -0.3 is 5.32 Å². The molecule has 0 saturated heterocycles. The van der Waals surface area contributed by atoms with E-state index in [1.807, 2.05) is 36.4 Å². The smallest absolute Gasteiger partial charge is 0.251 e. The van der Waals surface area contributed by atoms with Crippen molar-refractivity contribution in [3.8, 4) is 5.69 Å². The SMILES string of the molecule is O=C(NCc1cccc(Br)c1)c1ccc(-n2cncn2)cc1. The molecule has 0 radical (unpaired) electrons. The first-order valence-corrected chi connectivity index (χ1v) is 7.49. The number of rotatable bonds is 4. The molecule has 110 valence electrons. The van der Waals surface area contributed by atoms with E-state index in [9.17, 15) is 4.79 Å². The minimum atomic E-state index is -0.106. The van der Waals surface area contributed by atoms with E-state index in [0.717, 1.165) is 15.7 Å². The van der Waals surface area contributed by atoms with Crippen LogP contribution in [0.15, 0.2) is 65.7 Å². The van der Waals surface area contributed by atoms with Crippen molar-refractivity contribution in [3.05, 3.63) is 76.8 Å². The van der Waals surface area contributed by atoms with E-state index in [-0.39, 0.29) is 5.91 Å². The molecule has 0 unspecified atom stereocenters. The molecule has 0 saturated carbocycles. The summed E-state index contributed by atoms with van der Waals surface area (Å²) in [4.78, 5) is 16.0. The van der Waals surface area contributed by atoms with Gasteiger partial charge in [-0.25, -0.2) is 9.67 Å². The van der Waals surface area contributed by atoms with Gasteiger partial charge in [-0.2, -0.15) is 5.10 Å². The zero-order chi connectivity index (χ0) is 15.4. The van der Waals surface area contributed by atoms with Crippen LogP contribution in [0.1, 0.15) is 15.9 Å². The number of amides is 1. The van der Waals surface area contributed by atoms with Crippen molar-refractivity contribution in [3.63, 3.8) is 0 Å². The van der Waals surface area contributed by atoms with Gasteiger partial charge >= 0.3 is 0 Å².